The van der Waals surface area contributed by atoms with Crippen molar-refractivity contribution in [3.05, 3.63) is 62.4 Å². The number of halogens is 2. The first-order chi connectivity index (χ1) is 9.47. The lowest BCUT2D eigenvalue weighted by Crippen LogP contribution is -2.00. The molecule has 0 unspecified atom stereocenters. The van der Waals surface area contributed by atoms with Crippen molar-refractivity contribution in [2.45, 2.75) is 6.54 Å². The predicted molar refractivity (Wildman–Crippen MR) is 76.2 cm³/mol. The van der Waals surface area contributed by atoms with E-state index in [9.17, 15) is 14.5 Å². The van der Waals surface area contributed by atoms with Gasteiger partial charge in [0.2, 0.25) is 0 Å². The standard InChI is InChI=1S/C13H10BrFN2O3/c14-10-6-9(2-3-12(10)17(19)20)16-7-8-1-4-13(18)11(15)5-8/h1-6,16,18H,7H2. The molecule has 0 saturated carbocycles. The van der Waals surface area contributed by atoms with E-state index in [1.807, 2.05) is 0 Å². The van der Waals surface area contributed by atoms with Crippen LogP contribution in [-0.2, 0) is 6.54 Å². The van der Waals surface area contributed by atoms with Gasteiger partial charge < -0.3 is 10.4 Å². The van der Waals surface area contributed by atoms with Crippen molar-refractivity contribution in [1.29, 1.82) is 0 Å². The van der Waals surface area contributed by atoms with Gasteiger partial charge in [-0.15, -0.1) is 0 Å². The fourth-order valence-electron chi connectivity index (χ4n) is 1.63. The quantitative estimate of drug-likeness (QED) is 0.655. The number of nitro groups is 1. The number of aromatic hydroxyl groups is 1. The van der Waals surface area contributed by atoms with Crippen LogP contribution in [0.1, 0.15) is 5.56 Å². The maximum absolute atomic E-state index is 13.2. The van der Waals surface area contributed by atoms with Crippen LogP contribution in [-0.4, -0.2) is 10.0 Å². The van der Waals surface area contributed by atoms with Crippen molar-refractivity contribution in [3.63, 3.8) is 0 Å². The molecule has 7 heteroatoms. The Labute approximate surface area is 122 Å². The Morgan fingerprint density at radius 2 is 2.05 bits per heavy atom. The zero-order chi connectivity index (χ0) is 14.7. The lowest BCUT2D eigenvalue weighted by Gasteiger charge is -2.07. The Hall–Kier alpha value is -2.15. The lowest BCUT2D eigenvalue weighted by atomic mass is 10.2. The third kappa shape index (κ3) is 3.24. The number of hydrogen-bond donors (Lipinski definition) is 2. The number of nitrogens with one attached hydrogen (secondary N) is 1. The van der Waals surface area contributed by atoms with Gasteiger partial charge in [-0.2, -0.15) is 0 Å². The molecule has 0 aromatic heterocycles. The van der Waals surface area contributed by atoms with Crippen LogP contribution < -0.4 is 5.32 Å². The van der Waals surface area contributed by atoms with Gasteiger partial charge in [0.05, 0.1) is 9.40 Å². The maximum Gasteiger partial charge on any atom is 0.283 e. The molecular formula is C13H10BrFN2O3. The predicted octanol–water partition coefficient (Wildman–Crippen LogP) is 3.81. The summed E-state index contributed by atoms with van der Waals surface area (Å²) in [6.07, 6.45) is 0. The van der Waals surface area contributed by atoms with E-state index in [-0.39, 0.29) is 5.69 Å². The average molecular weight is 341 g/mol. The number of anilines is 1. The van der Waals surface area contributed by atoms with Crippen molar-refractivity contribution in [3.8, 4) is 5.75 Å². The smallest absolute Gasteiger partial charge is 0.283 e. The highest BCUT2D eigenvalue weighted by atomic mass is 79.9. The number of nitro benzene ring substituents is 1. The maximum atomic E-state index is 13.2. The summed E-state index contributed by atoms with van der Waals surface area (Å²) in [5.74, 6) is -1.08. The SMILES string of the molecule is O=[N+]([O-])c1ccc(NCc2ccc(O)c(F)c2)cc1Br. The largest absolute Gasteiger partial charge is 0.505 e. The van der Waals surface area contributed by atoms with E-state index in [0.29, 0.717) is 22.3 Å². The van der Waals surface area contributed by atoms with Crippen LogP contribution in [0.2, 0.25) is 0 Å². The highest BCUT2D eigenvalue weighted by molar-refractivity contribution is 9.10. The molecule has 0 amide bonds. The number of rotatable bonds is 4. The molecule has 2 rings (SSSR count). The fraction of sp³-hybridized carbons (Fsp3) is 0.0769. The highest BCUT2D eigenvalue weighted by Gasteiger charge is 2.11. The van der Waals surface area contributed by atoms with Crippen LogP contribution in [0.4, 0.5) is 15.8 Å². The summed E-state index contributed by atoms with van der Waals surface area (Å²) in [6, 6.07) is 8.62. The Balaban J connectivity index is 2.09. The summed E-state index contributed by atoms with van der Waals surface area (Å²) < 4.78 is 13.5. The monoisotopic (exact) mass is 340 g/mol. The topological polar surface area (TPSA) is 75.4 Å². The van der Waals surface area contributed by atoms with Crippen LogP contribution in [0.5, 0.6) is 5.75 Å². The van der Waals surface area contributed by atoms with Crippen molar-refractivity contribution < 1.29 is 14.4 Å². The average Bonchev–Trinajstić information content (AvgIpc) is 2.40. The molecule has 20 heavy (non-hydrogen) atoms. The first kappa shape index (κ1) is 14.3. The second-order valence-corrected chi connectivity index (χ2v) is 4.92. The molecule has 0 radical (unpaired) electrons. The lowest BCUT2D eigenvalue weighted by molar-refractivity contribution is -0.385. The van der Waals surface area contributed by atoms with Gasteiger partial charge in [-0.25, -0.2) is 4.39 Å². The Bertz CT molecular complexity index is 664. The van der Waals surface area contributed by atoms with Gasteiger partial charge in [0.15, 0.2) is 11.6 Å². The Morgan fingerprint density at radius 3 is 2.65 bits per heavy atom. The van der Waals surface area contributed by atoms with Crippen molar-refractivity contribution in [2.24, 2.45) is 0 Å². The van der Waals surface area contributed by atoms with E-state index in [1.54, 1.807) is 18.2 Å². The number of benzene rings is 2. The van der Waals surface area contributed by atoms with Crippen molar-refractivity contribution in [2.75, 3.05) is 5.32 Å². The molecule has 0 aliphatic heterocycles. The highest BCUT2D eigenvalue weighted by Crippen LogP contribution is 2.28. The van der Waals surface area contributed by atoms with E-state index in [4.69, 9.17) is 5.11 Å². The van der Waals surface area contributed by atoms with Crippen LogP contribution in [0.15, 0.2) is 40.9 Å². The third-order valence-corrected chi connectivity index (χ3v) is 3.29. The van der Waals surface area contributed by atoms with Crippen molar-refractivity contribution >= 4 is 27.3 Å². The molecule has 104 valence electrons. The van der Waals surface area contributed by atoms with Gasteiger partial charge in [0, 0.05) is 18.3 Å². The van der Waals surface area contributed by atoms with E-state index < -0.39 is 16.5 Å². The molecule has 2 aromatic carbocycles. The zero-order valence-electron chi connectivity index (χ0n) is 10.1. The van der Waals surface area contributed by atoms with Gasteiger partial charge in [0.1, 0.15) is 0 Å². The minimum atomic E-state index is -0.686. The summed E-state index contributed by atoms with van der Waals surface area (Å²) in [4.78, 5) is 10.2. The molecule has 0 aliphatic rings. The minimum absolute atomic E-state index is 0.0220. The molecule has 0 fully saturated rings. The summed E-state index contributed by atoms with van der Waals surface area (Å²) in [5.41, 5.74) is 1.29. The minimum Gasteiger partial charge on any atom is -0.505 e. The summed E-state index contributed by atoms with van der Waals surface area (Å²) in [6.45, 7) is 0.335. The van der Waals surface area contributed by atoms with Crippen LogP contribution in [0.3, 0.4) is 0 Å². The molecule has 2 N–H and O–H groups in total. The van der Waals surface area contributed by atoms with Gasteiger partial charge in [-0.05, 0) is 45.8 Å². The second-order valence-electron chi connectivity index (χ2n) is 4.06. The molecule has 0 bridgehead atoms. The number of phenols is 1. The molecule has 0 saturated heterocycles. The van der Waals surface area contributed by atoms with Crippen LogP contribution in [0.25, 0.3) is 0 Å². The van der Waals surface area contributed by atoms with Gasteiger partial charge in [0.25, 0.3) is 5.69 Å². The summed E-state index contributed by atoms with van der Waals surface area (Å²) in [5, 5.41) is 22.8. The van der Waals surface area contributed by atoms with E-state index >= 15 is 0 Å². The molecular weight excluding hydrogens is 331 g/mol. The van der Waals surface area contributed by atoms with E-state index in [1.165, 1.54) is 18.2 Å². The fourth-order valence-corrected chi connectivity index (χ4v) is 2.15. The molecule has 0 atom stereocenters. The van der Waals surface area contributed by atoms with E-state index in [0.717, 1.165) is 0 Å². The normalized spacial score (nSPS) is 10.3. The molecule has 2 aromatic rings. The summed E-state index contributed by atoms with van der Waals surface area (Å²) in [7, 11) is 0. The number of phenolic OH excluding ortho intramolecular Hbond substituents is 1. The molecule has 0 heterocycles. The second kappa shape index (κ2) is 5.87. The first-order valence-corrected chi connectivity index (χ1v) is 6.42. The molecule has 5 nitrogen and oxygen atoms in total. The third-order valence-electron chi connectivity index (χ3n) is 2.65. The first-order valence-electron chi connectivity index (χ1n) is 5.62. The number of nitrogens with zero attached hydrogens (tertiary/aromatic N) is 1. The molecule has 0 spiro atoms. The van der Waals surface area contributed by atoms with Crippen molar-refractivity contribution in [1.82, 2.24) is 0 Å². The molecule has 0 aliphatic carbocycles. The Morgan fingerprint density at radius 1 is 1.30 bits per heavy atom. The van der Waals surface area contributed by atoms with Crippen LogP contribution in [0, 0.1) is 15.9 Å². The zero-order valence-corrected chi connectivity index (χ0v) is 11.7. The van der Waals surface area contributed by atoms with Crippen LogP contribution >= 0.6 is 15.9 Å². The van der Waals surface area contributed by atoms with Gasteiger partial charge in [-0.1, -0.05) is 6.07 Å². The summed E-state index contributed by atoms with van der Waals surface area (Å²) >= 11 is 3.12. The Kier molecular flexibility index (Phi) is 4.19. The number of hydrogen-bond acceptors (Lipinski definition) is 4. The van der Waals surface area contributed by atoms with Gasteiger partial charge in [-0.3, -0.25) is 10.1 Å². The van der Waals surface area contributed by atoms with Gasteiger partial charge >= 0.3 is 0 Å². The van der Waals surface area contributed by atoms with E-state index in [2.05, 4.69) is 21.2 Å².